The first-order chi connectivity index (χ1) is 15.7. The largest absolute Gasteiger partial charge is 0.366 e. The molecule has 1 amide bonds. The van der Waals surface area contributed by atoms with Crippen LogP contribution in [0.2, 0.25) is 0 Å². The predicted molar refractivity (Wildman–Crippen MR) is 128 cm³/mol. The molecule has 166 valence electrons. The first kappa shape index (κ1) is 22.2. The summed E-state index contributed by atoms with van der Waals surface area (Å²) in [6, 6.07) is 17.0. The Labute approximate surface area is 193 Å². The van der Waals surface area contributed by atoms with E-state index in [2.05, 4.69) is 4.98 Å². The molecular weight excluding hydrogens is 440 g/mol. The number of benzene rings is 3. The van der Waals surface area contributed by atoms with E-state index in [0.29, 0.717) is 27.3 Å². The maximum atomic E-state index is 13.4. The minimum atomic E-state index is -0.739. The summed E-state index contributed by atoms with van der Waals surface area (Å²) in [6.07, 6.45) is 0. The minimum absolute atomic E-state index is 0.0615. The lowest BCUT2D eigenvalue weighted by Gasteiger charge is -2.14. The van der Waals surface area contributed by atoms with Crippen molar-refractivity contribution in [1.82, 2.24) is 9.55 Å². The van der Waals surface area contributed by atoms with Crippen molar-refractivity contribution in [2.75, 3.05) is 0 Å². The number of nitrogens with two attached hydrogens (primary N) is 1. The van der Waals surface area contributed by atoms with E-state index >= 15 is 0 Å². The molecule has 9 heteroatoms. The van der Waals surface area contributed by atoms with Crippen LogP contribution < -0.4 is 11.3 Å². The average Bonchev–Trinajstić information content (AvgIpc) is 2.76. The summed E-state index contributed by atoms with van der Waals surface area (Å²) in [7, 11) is 0. The molecule has 0 atom stereocenters. The number of nitro groups is 1. The van der Waals surface area contributed by atoms with Crippen molar-refractivity contribution >= 4 is 34.3 Å². The number of aryl methyl sites for hydroxylation is 2. The fourth-order valence-electron chi connectivity index (χ4n) is 3.67. The average molecular weight is 461 g/mol. The van der Waals surface area contributed by atoms with Gasteiger partial charge in [-0.15, -0.1) is 0 Å². The van der Waals surface area contributed by atoms with E-state index < -0.39 is 10.8 Å². The molecule has 4 rings (SSSR count). The third-order valence-corrected chi connectivity index (χ3v) is 6.12. The van der Waals surface area contributed by atoms with Gasteiger partial charge in [0.15, 0.2) is 5.16 Å². The number of carbonyl (C=O) groups is 1. The highest BCUT2D eigenvalue weighted by molar-refractivity contribution is 7.98. The fraction of sp³-hybridized carbons (Fsp3) is 0.125. The van der Waals surface area contributed by atoms with Crippen molar-refractivity contribution in [3.63, 3.8) is 0 Å². The Hall–Kier alpha value is -3.98. The Morgan fingerprint density at radius 3 is 2.45 bits per heavy atom. The fourth-order valence-corrected chi connectivity index (χ4v) is 4.68. The Balaban J connectivity index is 1.84. The zero-order chi connectivity index (χ0) is 23.7. The second-order valence-electron chi connectivity index (χ2n) is 7.65. The lowest BCUT2D eigenvalue weighted by molar-refractivity contribution is -0.385. The van der Waals surface area contributed by atoms with Crippen LogP contribution in [0, 0.1) is 24.0 Å². The molecule has 0 aliphatic heterocycles. The molecule has 8 nitrogen and oxygen atoms in total. The molecule has 0 saturated carbocycles. The van der Waals surface area contributed by atoms with Gasteiger partial charge in [-0.1, -0.05) is 36.0 Å². The van der Waals surface area contributed by atoms with Gasteiger partial charge in [-0.2, -0.15) is 0 Å². The van der Waals surface area contributed by atoms with Crippen molar-refractivity contribution in [1.29, 1.82) is 0 Å². The van der Waals surface area contributed by atoms with E-state index in [1.54, 1.807) is 24.3 Å². The molecule has 4 aromatic rings. The van der Waals surface area contributed by atoms with Crippen LogP contribution >= 0.6 is 11.8 Å². The van der Waals surface area contributed by atoms with Crippen molar-refractivity contribution in [2.45, 2.75) is 24.8 Å². The highest BCUT2D eigenvalue weighted by atomic mass is 32.2. The van der Waals surface area contributed by atoms with Crippen molar-refractivity contribution in [3.8, 4) is 5.69 Å². The number of carbonyl (C=O) groups excluding carboxylic acids is 1. The van der Waals surface area contributed by atoms with E-state index in [4.69, 9.17) is 5.73 Å². The van der Waals surface area contributed by atoms with E-state index in [1.807, 2.05) is 32.0 Å². The van der Waals surface area contributed by atoms with Gasteiger partial charge in [0.2, 0.25) is 5.91 Å². The number of nitrogens with zero attached hydrogens (tertiary/aromatic N) is 3. The molecule has 0 unspecified atom stereocenters. The highest BCUT2D eigenvalue weighted by Gasteiger charge is 2.19. The molecule has 0 aliphatic rings. The van der Waals surface area contributed by atoms with E-state index in [9.17, 15) is 19.7 Å². The third-order valence-electron chi connectivity index (χ3n) is 5.13. The molecule has 2 N–H and O–H groups in total. The number of para-hydroxylation sites is 1. The molecule has 3 aromatic carbocycles. The van der Waals surface area contributed by atoms with Crippen LogP contribution in [0.3, 0.4) is 0 Å². The van der Waals surface area contributed by atoms with Gasteiger partial charge in [-0.05, 0) is 55.3 Å². The number of aromatic nitrogens is 2. The molecule has 0 radical (unpaired) electrons. The Bertz CT molecular complexity index is 1460. The van der Waals surface area contributed by atoms with Crippen LogP contribution in [0.1, 0.15) is 27.0 Å². The maximum Gasteiger partial charge on any atom is 0.274 e. The summed E-state index contributed by atoms with van der Waals surface area (Å²) < 4.78 is 1.54. The number of primary amides is 1. The van der Waals surface area contributed by atoms with Crippen LogP contribution in [0.25, 0.3) is 16.6 Å². The normalized spacial score (nSPS) is 11.0. The summed E-state index contributed by atoms with van der Waals surface area (Å²) in [5.74, 6) is -0.567. The lowest BCUT2D eigenvalue weighted by atomic mass is 10.1. The van der Waals surface area contributed by atoms with E-state index in [-0.39, 0.29) is 22.6 Å². The van der Waals surface area contributed by atoms with E-state index in [0.717, 1.165) is 11.1 Å². The molecular formula is C24H20N4O4S. The zero-order valence-corrected chi connectivity index (χ0v) is 18.8. The molecule has 0 spiro atoms. The van der Waals surface area contributed by atoms with Gasteiger partial charge in [-0.3, -0.25) is 24.3 Å². The van der Waals surface area contributed by atoms with Crippen LogP contribution in [-0.4, -0.2) is 20.4 Å². The highest BCUT2D eigenvalue weighted by Crippen LogP contribution is 2.30. The number of hydrogen-bond acceptors (Lipinski definition) is 6. The standard InChI is InChI=1S/C24H20N4O4S/c1-14-9-15(2)11-18(10-14)27-23(30)19-5-3-4-6-20(19)26-24(27)33-13-17-8-7-16(22(25)29)12-21(17)28(31)32/h3-12H,13H2,1-2H3,(H2,25,29). The second kappa shape index (κ2) is 8.87. The number of amides is 1. The molecule has 0 bridgehead atoms. The molecule has 0 aliphatic carbocycles. The summed E-state index contributed by atoms with van der Waals surface area (Å²) in [5, 5.41) is 12.5. The summed E-state index contributed by atoms with van der Waals surface area (Å²) in [6.45, 7) is 3.90. The Morgan fingerprint density at radius 1 is 1.09 bits per heavy atom. The monoisotopic (exact) mass is 460 g/mol. The van der Waals surface area contributed by atoms with Gasteiger partial charge in [0, 0.05) is 22.9 Å². The Morgan fingerprint density at radius 2 is 1.79 bits per heavy atom. The second-order valence-corrected chi connectivity index (χ2v) is 8.59. The van der Waals surface area contributed by atoms with Gasteiger partial charge in [0.1, 0.15) is 0 Å². The number of nitro benzene ring substituents is 1. The zero-order valence-electron chi connectivity index (χ0n) is 17.9. The summed E-state index contributed by atoms with van der Waals surface area (Å²) in [4.78, 5) is 40.6. The third kappa shape index (κ3) is 4.49. The Kier molecular flexibility index (Phi) is 5.97. The summed E-state index contributed by atoms with van der Waals surface area (Å²) in [5.41, 5.74) is 8.51. The first-order valence-corrected chi connectivity index (χ1v) is 11.0. The topological polar surface area (TPSA) is 121 Å². The van der Waals surface area contributed by atoms with Crippen LogP contribution in [0.4, 0.5) is 5.69 Å². The van der Waals surface area contributed by atoms with Gasteiger partial charge in [0.05, 0.1) is 21.5 Å². The maximum absolute atomic E-state index is 13.4. The molecule has 33 heavy (non-hydrogen) atoms. The summed E-state index contributed by atoms with van der Waals surface area (Å²) >= 11 is 1.21. The molecule has 1 aromatic heterocycles. The number of fused-ring (bicyclic) bond motifs is 1. The van der Waals surface area contributed by atoms with Gasteiger partial charge >= 0.3 is 0 Å². The van der Waals surface area contributed by atoms with Crippen molar-refractivity contribution in [3.05, 3.63) is 103 Å². The van der Waals surface area contributed by atoms with Gasteiger partial charge < -0.3 is 5.73 Å². The van der Waals surface area contributed by atoms with Crippen molar-refractivity contribution < 1.29 is 9.72 Å². The van der Waals surface area contributed by atoms with Crippen molar-refractivity contribution in [2.24, 2.45) is 5.73 Å². The lowest BCUT2D eigenvalue weighted by Crippen LogP contribution is -2.22. The smallest absolute Gasteiger partial charge is 0.274 e. The molecule has 0 fully saturated rings. The quantitative estimate of drug-likeness (QED) is 0.198. The SMILES string of the molecule is Cc1cc(C)cc(-n2c(SCc3ccc(C(N)=O)cc3[N+](=O)[O-])nc3ccccc3c2=O)c1. The number of hydrogen-bond donors (Lipinski definition) is 1. The predicted octanol–water partition coefficient (Wildman–Crippen LogP) is 4.30. The first-order valence-electron chi connectivity index (χ1n) is 10.0. The van der Waals surface area contributed by atoms with Gasteiger partial charge in [-0.25, -0.2) is 4.98 Å². The van der Waals surface area contributed by atoms with E-state index in [1.165, 1.54) is 34.5 Å². The van der Waals surface area contributed by atoms with Crippen LogP contribution in [-0.2, 0) is 5.75 Å². The van der Waals surface area contributed by atoms with Crippen LogP contribution in [0.5, 0.6) is 0 Å². The molecule has 1 heterocycles. The number of thioether (sulfide) groups is 1. The number of rotatable bonds is 6. The molecule has 0 saturated heterocycles. The van der Waals surface area contributed by atoms with Gasteiger partial charge in [0.25, 0.3) is 11.2 Å². The minimum Gasteiger partial charge on any atom is -0.366 e. The van der Waals surface area contributed by atoms with Crippen LogP contribution in [0.15, 0.2) is 70.6 Å².